The van der Waals surface area contributed by atoms with Crippen molar-refractivity contribution in [2.24, 2.45) is 0 Å². The van der Waals surface area contributed by atoms with E-state index in [2.05, 4.69) is 9.97 Å². The number of aromatic amines is 1. The molecule has 0 atom stereocenters. The Kier molecular flexibility index (Phi) is 3.39. The summed E-state index contributed by atoms with van der Waals surface area (Å²) in [5.41, 5.74) is 1.36. The Morgan fingerprint density at radius 3 is 2.76 bits per heavy atom. The first-order chi connectivity index (χ1) is 10.1. The maximum atomic E-state index is 12.2. The third kappa shape index (κ3) is 2.50. The molecule has 6 heteroatoms. The molecule has 21 heavy (non-hydrogen) atoms. The molecule has 108 valence electrons. The summed E-state index contributed by atoms with van der Waals surface area (Å²) >= 11 is 1.54. The number of pyridine rings is 1. The van der Waals surface area contributed by atoms with Crippen LogP contribution in [0.3, 0.4) is 0 Å². The van der Waals surface area contributed by atoms with Crippen molar-refractivity contribution in [2.75, 3.05) is 26.1 Å². The minimum absolute atomic E-state index is 0.121. The van der Waals surface area contributed by atoms with Gasteiger partial charge in [-0.3, -0.25) is 4.79 Å². The lowest BCUT2D eigenvalue weighted by molar-refractivity contribution is 0.415. The molecule has 2 heterocycles. The van der Waals surface area contributed by atoms with E-state index in [1.807, 2.05) is 36.5 Å². The third-order valence-corrected chi connectivity index (χ3v) is 4.21. The predicted molar refractivity (Wildman–Crippen MR) is 86.6 cm³/mol. The lowest BCUT2D eigenvalue weighted by atomic mass is 10.1. The van der Waals surface area contributed by atoms with E-state index in [9.17, 15) is 4.79 Å². The molecule has 0 saturated heterocycles. The quantitative estimate of drug-likeness (QED) is 0.808. The first-order valence-corrected chi connectivity index (χ1v) is 7.31. The summed E-state index contributed by atoms with van der Waals surface area (Å²) in [6, 6.07) is 7.33. The van der Waals surface area contributed by atoms with Crippen LogP contribution in [0.25, 0.3) is 22.2 Å². The first-order valence-electron chi connectivity index (χ1n) is 6.43. The van der Waals surface area contributed by atoms with Gasteiger partial charge in [0.15, 0.2) is 5.13 Å². The highest BCUT2D eigenvalue weighted by molar-refractivity contribution is 7.14. The Bertz CT molecular complexity index is 851. The molecule has 1 N–H and O–H groups in total. The molecule has 0 spiro atoms. The number of rotatable bonds is 3. The van der Waals surface area contributed by atoms with Gasteiger partial charge in [-0.1, -0.05) is 0 Å². The lowest BCUT2D eigenvalue weighted by Crippen LogP contribution is -2.09. The fraction of sp³-hybridized carbons (Fsp3) is 0.200. The first kappa shape index (κ1) is 13.6. The lowest BCUT2D eigenvalue weighted by Gasteiger charge is -2.06. The van der Waals surface area contributed by atoms with Crippen molar-refractivity contribution in [3.63, 3.8) is 0 Å². The third-order valence-electron chi connectivity index (χ3n) is 3.20. The van der Waals surface area contributed by atoms with Gasteiger partial charge >= 0.3 is 0 Å². The smallest absolute Gasteiger partial charge is 0.256 e. The van der Waals surface area contributed by atoms with Crippen molar-refractivity contribution in [3.8, 4) is 17.1 Å². The van der Waals surface area contributed by atoms with Gasteiger partial charge in [-0.2, -0.15) is 0 Å². The van der Waals surface area contributed by atoms with Crippen LogP contribution in [0.15, 0.2) is 34.4 Å². The van der Waals surface area contributed by atoms with Gasteiger partial charge in [0.25, 0.3) is 5.56 Å². The van der Waals surface area contributed by atoms with Crippen molar-refractivity contribution in [3.05, 3.63) is 40.0 Å². The molecule has 0 aliphatic rings. The summed E-state index contributed by atoms with van der Waals surface area (Å²) < 4.78 is 5.21. The summed E-state index contributed by atoms with van der Waals surface area (Å²) in [4.78, 5) is 21.5. The highest BCUT2D eigenvalue weighted by Gasteiger charge is 2.09. The number of benzene rings is 1. The molecule has 0 amide bonds. The number of fused-ring (bicyclic) bond motifs is 1. The van der Waals surface area contributed by atoms with Gasteiger partial charge in [-0.15, -0.1) is 11.3 Å². The summed E-state index contributed by atoms with van der Waals surface area (Å²) in [7, 11) is 5.49. The summed E-state index contributed by atoms with van der Waals surface area (Å²) in [5, 5.41) is 4.32. The second kappa shape index (κ2) is 5.21. The van der Waals surface area contributed by atoms with Gasteiger partial charge in [0.2, 0.25) is 0 Å². The van der Waals surface area contributed by atoms with Crippen LogP contribution in [0.1, 0.15) is 0 Å². The number of ether oxygens (including phenoxy) is 1. The van der Waals surface area contributed by atoms with Crippen molar-refractivity contribution in [2.45, 2.75) is 0 Å². The van der Waals surface area contributed by atoms with E-state index < -0.39 is 0 Å². The average Bonchev–Trinajstić information content (AvgIpc) is 2.96. The predicted octanol–water partition coefficient (Wildman–Crippen LogP) is 2.73. The van der Waals surface area contributed by atoms with Gasteiger partial charge in [-0.25, -0.2) is 4.98 Å². The van der Waals surface area contributed by atoms with Crippen LogP contribution in [0.2, 0.25) is 0 Å². The molecule has 0 fully saturated rings. The topological polar surface area (TPSA) is 58.2 Å². The van der Waals surface area contributed by atoms with Gasteiger partial charge in [0.05, 0.1) is 18.5 Å². The van der Waals surface area contributed by atoms with E-state index in [0.717, 1.165) is 22.0 Å². The standard InChI is InChI=1S/C15H15N3O2S/c1-18(2)15-17-13(8-21-15)12-7-9-6-10(20-3)4-5-11(9)14(19)16-12/h4-8H,1-3H3,(H,16,19). The van der Waals surface area contributed by atoms with E-state index in [1.54, 1.807) is 19.2 Å². The Morgan fingerprint density at radius 1 is 1.29 bits per heavy atom. The number of anilines is 1. The number of hydrogen-bond acceptors (Lipinski definition) is 5. The number of H-pyrrole nitrogens is 1. The fourth-order valence-electron chi connectivity index (χ4n) is 2.11. The summed E-state index contributed by atoms with van der Waals surface area (Å²) in [5.74, 6) is 0.728. The number of methoxy groups -OCH3 is 1. The van der Waals surface area contributed by atoms with Crippen LogP contribution in [0.4, 0.5) is 5.13 Å². The van der Waals surface area contributed by atoms with Crippen molar-refractivity contribution < 1.29 is 4.74 Å². The van der Waals surface area contributed by atoms with E-state index >= 15 is 0 Å². The normalized spacial score (nSPS) is 10.8. The molecule has 0 aliphatic heterocycles. The molecule has 0 saturated carbocycles. The molecule has 0 aliphatic carbocycles. The monoisotopic (exact) mass is 301 g/mol. The molecule has 1 aromatic carbocycles. The number of aromatic nitrogens is 2. The minimum Gasteiger partial charge on any atom is -0.497 e. The highest BCUT2D eigenvalue weighted by atomic mass is 32.1. The SMILES string of the molecule is COc1ccc2c(=O)[nH]c(-c3csc(N(C)C)n3)cc2c1. The maximum Gasteiger partial charge on any atom is 0.256 e. The molecule has 2 aromatic heterocycles. The largest absolute Gasteiger partial charge is 0.497 e. The van der Waals surface area contributed by atoms with Crippen LogP contribution in [-0.2, 0) is 0 Å². The minimum atomic E-state index is -0.121. The second-order valence-corrected chi connectivity index (χ2v) is 5.71. The van der Waals surface area contributed by atoms with Gasteiger partial charge in [0.1, 0.15) is 5.75 Å². The molecule has 0 radical (unpaired) electrons. The zero-order chi connectivity index (χ0) is 15.0. The number of thiazole rings is 1. The van der Waals surface area contributed by atoms with Gasteiger partial charge in [-0.05, 0) is 29.7 Å². The summed E-state index contributed by atoms with van der Waals surface area (Å²) in [6.07, 6.45) is 0. The molecule has 3 aromatic rings. The van der Waals surface area contributed by atoms with Crippen molar-refractivity contribution in [1.82, 2.24) is 9.97 Å². The van der Waals surface area contributed by atoms with E-state index in [0.29, 0.717) is 11.1 Å². The van der Waals surface area contributed by atoms with Crippen LogP contribution in [0.5, 0.6) is 5.75 Å². The number of nitrogens with one attached hydrogen (secondary N) is 1. The van der Waals surface area contributed by atoms with E-state index in [1.165, 1.54) is 11.3 Å². The fourth-order valence-corrected chi connectivity index (χ4v) is 2.87. The van der Waals surface area contributed by atoms with Crippen molar-refractivity contribution >= 4 is 27.2 Å². The Balaban J connectivity index is 2.16. The maximum absolute atomic E-state index is 12.2. The molecular weight excluding hydrogens is 286 g/mol. The van der Waals surface area contributed by atoms with Gasteiger partial charge < -0.3 is 14.6 Å². The number of nitrogens with zero attached hydrogens (tertiary/aromatic N) is 2. The molecule has 0 unspecified atom stereocenters. The molecule has 0 bridgehead atoms. The van der Waals surface area contributed by atoms with Crippen LogP contribution >= 0.6 is 11.3 Å². The molecule has 5 nitrogen and oxygen atoms in total. The van der Waals surface area contributed by atoms with E-state index in [4.69, 9.17) is 4.74 Å². The molecule has 3 rings (SSSR count). The Hall–Kier alpha value is -2.34. The van der Waals surface area contributed by atoms with Crippen molar-refractivity contribution in [1.29, 1.82) is 0 Å². The second-order valence-electron chi connectivity index (χ2n) is 4.88. The summed E-state index contributed by atoms with van der Waals surface area (Å²) in [6.45, 7) is 0. The van der Waals surface area contributed by atoms with E-state index in [-0.39, 0.29) is 5.56 Å². The van der Waals surface area contributed by atoms with Crippen LogP contribution in [0, 0.1) is 0 Å². The Labute approximate surface area is 125 Å². The number of hydrogen-bond donors (Lipinski definition) is 1. The average molecular weight is 301 g/mol. The Morgan fingerprint density at radius 2 is 2.10 bits per heavy atom. The molecular formula is C15H15N3O2S. The van der Waals surface area contributed by atoms with Crippen LogP contribution < -0.4 is 15.2 Å². The van der Waals surface area contributed by atoms with Gasteiger partial charge in [0, 0.05) is 24.9 Å². The zero-order valence-corrected chi connectivity index (χ0v) is 12.8. The van der Waals surface area contributed by atoms with Crippen LogP contribution in [-0.4, -0.2) is 31.2 Å². The zero-order valence-electron chi connectivity index (χ0n) is 12.0. The highest BCUT2D eigenvalue weighted by Crippen LogP contribution is 2.27.